The lowest BCUT2D eigenvalue weighted by Gasteiger charge is -2.44. The second kappa shape index (κ2) is 8.46. The van der Waals surface area contributed by atoms with Gasteiger partial charge in [-0.25, -0.2) is 4.79 Å². The van der Waals surface area contributed by atoms with E-state index in [1.165, 1.54) is 0 Å². The molecule has 0 saturated carbocycles. The number of hydrogen-bond donors (Lipinski definition) is 0. The van der Waals surface area contributed by atoms with Crippen LogP contribution in [0.25, 0.3) is 11.0 Å². The SMILES string of the molecule is O=c1oc2ccccc2c2c1C(c1ccc3c(c1)OCO3)N(c1ccccc1)C(c1ccc3c(c1)OCO3)O2. The van der Waals surface area contributed by atoms with Gasteiger partial charge >= 0.3 is 5.63 Å². The Bertz CT molecular complexity index is 1800. The lowest BCUT2D eigenvalue weighted by Crippen LogP contribution is -2.42. The van der Waals surface area contributed by atoms with E-state index in [0.29, 0.717) is 39.9 Å². The van der Waals surface area contributed by atoms with E-state index in [1.54, 1.807) is 6.07 Å². The molecule has 0 N–H and O–H groups in total. The van der Waals surface area contributed by atoms with Gasteiger partial charge in [-0.05, 0) is 60.2 Å². The summed E-state index contributed by atoms with van der Waals surface area (Å²) in [6, 6.07) is 28.2. The average Bonchev–Trinajstić information content (AvgIpc) is 3.65. The third-order valence-corrected chi connectivity index (χ3v) is 7.28. The summed E-state index contributed by atoms with van der Waals surface area (Å²) >= 11 is 0. The summed E-state index contributed by atoms with van der Waals surface area (Å²) in [5.74, 6) is 3.10. The highest BCUT2D eigenvalue weighted by molar-refractivity contribution is 5.85. The van der Waals surface area contributed by atoms with E-state index >= 15 is 0 Å². The summed E-state index contributed by atoms with van der Waals surface area (Å²) < 4.78 is 35.2. The van der Waals surface area contributed by atoms with Gasteiger partial charge in [0.2, 0.25) is 13.6 Å². The second-order valence-electron chi connectivity index (χ2n) is 9.47. The van der Waals surface area contributed by atoms with Gasteiger partial charge in [-0.2, -0.15) is 0 Å². The molecule has 0 saturated heterocycles. The van der Waals surface area contributed by atoms with E-state index in [1.807, 2.05) is 84.9 Å². The minimum Gasteiger partial charge on any atom is -0.465 e. The van der Waals surface area contributed by atoms with Crippen LogP contribution >= 0.6 is 0 Å². The minimum absolute atomic E-state index is 0.151. The fraction of sp³-hybridized carbons (Fsp3) is 0.129. The van der Waals surface area contributed by atoms with Gasteiger partial charge in [-0.15, -0.1) is 0 Å². The van der Waals surface area contributed by atoms with Crippen LogP contribution in [0.1, 0.15) is 29.0 Å². The van der Waals surface area contributed by atoms with Crippen molar-refractivity contribution in [1.29, 1.82) is 0 Å². The highest BCUT2D eigenvalue weighted by atomic mass is 16.7. The lowest BCUT2D eigenvalue weighted by molar-refractivity contribution is 0.167. The maximum Gasteiger partial charge on any atom is 0.345 e. The number of anilines is 1. The molecule has 8 rings (SSSR count). The van der Waals surface area contributed by atoms with Crippen LogP contribution in [-0.4, -0.2) is 13.6 Å². The van der Waals surface area contributed by atoms with Crippen molar-refractivity contribution >= 4 is 16.7 Å². The van der Waals surface area contributed by atoms with Gasteiger partial charge in [0.15, 0.2) is 29.2 Å². The van der Waals surface area contributed by atoms with Gasteiger partial charge in [0.25, 0.3) is 0 Å². The summed E-state index contributed by atoms with van der Waals surface area (Å²) in [6.45, 7) is 0.319. The van der Waals surface area contributed by atoms with Crippen LogP contribution in [0.4, 0.5) is 5.69 Å². The van der Waals surface area contributed by atoms with Crippen LogP contribution in [0.3, 0.4) is 0 Å². The van der Waals surface area contributed by atoms with Crippen molar-refractivity contribution in [3.8, 4) is 28.7 Å². The molecule has 4 aromatic carbocycles. The molecule has 0 amide bonds. The maximum atomic E-state index is 13.7. The monoisotopic (exact) mass is 519 g/mol. The average molecular weight is 520 g/mol. The summed E-state index contributed by atoms with van der Waals surface area (Å²) in [7, 11) is 0. The Hall–Kier alpha value is -5.11. The van der Waals surface area contributed by atoms with Crippen molar-refractivity contribution in [3.63, 3.8) is 0 Å². The number of rotatable bonds is 3. The Kier molecular flexibility index (Phi) is 4.75. The summed E-state index contributed by atoms with van der Waals surface area (Å²) in [4.78, 5) is 15.8. The Morgan fingerprint density at radius 1 is 0.667 bits per heavy atom. The Labute approximate surface area is 222 Å². The first kappa shape index (κ1) is 21.9. The molecule has 0 bridgehead atoms. The Morgan fingerprint density at radius 2 is 1.31 bits per heavy atom. The quantitative estimate of drug-likeness (QED) is 0.271. The topological polar surface area (TPSA) is 79.6 Å². The molecule has 8 heteroatoms. The summed E-state index contributed by atoms with van der Waals surface area (Å²) in [5, 5.41) is 0.719. The van der Waals surface area contributed by atoms with Crippen LogP contribution in [0.15, 0.2) is 100 Å². The normalized spacial score (nSPS) is 18.6. The molecular formula is C31H21NO7. The first-order valence-electron chi connectivity index (χ1n) is 12.6. The molecule has 2 unspecified atom stereocenters. The van der Waals surface area contributed by atoms with E-state index in [9.17, 15) is 4.79 Å². The number of nitrogens with zero attached hydrogens (tertiary/aromatic N) is 1. The molecule has 0 spiro atoms. The van der Waals surface area contributed by atoms with Gasteiger partial charge in [0.05, 0.1) is 11.4 Å². The van der Waals surface area contributed by atoms with E-state index in [4.69, 9.17) is 28.1 Å². The van der Waals surface area contributed by atoms with Crippen LogP contribution in [0, 0.1) is 0 Å². The van der Waals surface area contributed by atoms with Crippen LogP contribution in [0.5, 0.6) is 28.7 Å². The number of para-hydroxylation sites is 2. The van der Waals surface area contributed by atoms with Crippen molar-refractivity contribution in [2.75, 3.05) is 18.5 Å². The second-order valence-corrected chi connectivity index (χ2v) is 9.47. The molecule has 3 aliphatic rings. The Balaban J connectivity index is 1.42. The van der Waals surface area contributed by atoms with Gasteiger partial charge in [-0.3, -0.25) is 0 Å². The number of ether oxygens (including phenoxy) is 5. The third kappa shape index (κ3) is 3.41. The number of fused-ring (bicyclic) bond motifs is 5. The molecule has 3 aliphatic heterocycles. The molecule has 2 atom stereocenters. The zero-order valence-corrected chi connectivity index (χ0v) is 20.5. The van der Waals surface area contributed by atoms with Crippen molar-refractivity contribution in [1.82, 2.24) is 0 Å². The fourth-order valence-electron chi connectivity index (χ4n) is 5.53. The fourth-order valence-corrected chi connectivity index (χ4v) is 5.53. The molecular weight excluding hydrogens is 498 g/mol. The van der Waals surface area contributed by atoms with Crippen molar-refractivity contribution in [2.24, 2.45) is 0 Å². The molecule has 0 aliphatic carbocycles. The van der Waals surface area contributed by atoms with Gasteiger partial charge < -0.3 is 33.0 Å². The predicted octanol–water partition coefficient (Wildman–Crippen LogP) is 5.94. The highest BCUT2D eigenvalue weighted by Gasteiger charge is 2.42. The number of benzene rings is 4. The zero-order chi connectivity index (χ0) is 25.9. The van der Waals surface area contributed by atoms with E-state index in [2.05, 4.69) is 4.90 Å². The summed E-state index contributed by atoms with van der Waals surface area (Å²) in [6.07, 6.45) is -0.616. The molecule has 192 valence electrons. The standard InChI is InChI=1S/C31H21NO7/c33-31-27-28(18-10-12-23-25(14-18)36-16-34-23)32(20-6-2-1-3-7-20)30(19-11-13-24-26(15-19)37-17-35-24)39-29(27)21-8-4-5-9-22(21)38-31/h1-15,28,30H,16-17H2. The molecule has 39 heavy (non-hydrogen) atoms. The zero-order valence-electron chi connectivity index (χ0n) is 20.5. The maximum absolute atomic E-state index is 13.7. The van der Waals surface area contributed by atoms with Gasteiger partial charge in [0.1, 0.15) is 16.9 Å². The van der Waals surface area contributed by atoms with Crippen molar-refractivity contribution < 1.29 is 28.1 Å². The van der Waals surface area contributed by atoms with Crippen LogP contribution < -0.4 is 34.2 Å². The van der Waals surface area contributed by atoms with Gasteiger partial charge in [-0.1, -0.05) is 36.4 Å². The van der Waals surface area contributed by atoms with E-state index < -0.39 is 17.9 Å². The van der Waals surface area contributed by atoms with Crippen LogP contribution in [0.2, 0.25) is 0 Å². The smallest absolute Gasteiger partial charge is 0.345 e. The van der Waals surface area contributed by atoms with Crippen LogP contribution in [-0.2, 0) is 0 Å². The predicted molar refractivity (Wildman–Crippen MR) is 142 cm³/mol. The molecule has 0 radical (unpaired) electrons. The largest absolute Gasteiger partial charge is 0.465 e. The van der Waals surface area contributed by atoms with E-state index in [0.717, 1.165) is 22.2 Å². The molecule has 8 nitrogen and oxygen atoms in total. The van der Waals surface area contributed by atoms with Crippen molar-refractivity contribution in [3.05, 3.63) is 118 Å². The first-order valence-corrected chi connectivity index (χ1v) is 12.6. The number of hydrogen-bond acceptors (Lipinski definition) is 8. The minimum atomic E-state index is -0.616. The summed E-state index contributed by atoms with van der Waals surface area (Å²) in [5.41, 5.74) is 2.95. The van der Waals surface area contributed by atoms with Crippen molar-refractivity contribution in [2.45, 2.75) is 12.3 Å². The highest BCUT2D eigenvalue weighted by Crippen LogP contribution is 2.50. The molecule has 0 fully saturated rings. The Morgan fingerprint density at radius 3 is 2.08 bits per heavy atom. The third-order valence-electron chi connectivity index (χ3n) is 7.28. The lowest BCUT2D eigenvalue weighted by atomic mass is 9.92. The molecule has 4 heterocycles. The van der Waals surface area contributed by atoms with E-state index in [-0.39, 0.29) is 13.6 Å². The van der Waals surface area contributed by atoms with Gasteiger partial charge in [0, 0.05) is 11.3 Å². The molecule has 5 aromatic rings. The molecule has 1 aromatic heterocycles. The first-order chi connectivity index (χ1) is 19.2.